The van der Waals surface area contributed by atoms with E-state index >= 15 is 0 Å². The molecule has 1 N–H and O–H groups in total. The molecule has 3 rings (SSSR count). The number of benzene rings is 2. The van der Waals surface area contributed by atoms with E-state index < -0.39 is 0 Å². The third-order valence-corrected chi connectivity index (χ3v) is 3.99. The molecule has 1 heterocycles. The monoisotopic (exact) mass is 323 g/mol. The van der Waals surface area contributed by atoms with Crippen molar-refractivity contribution in [3.05, 3.63) is 60.7 Å². The molecule has 0 unspecified atom stereocenters. The Morgan fingerprint density at radius 1 is 1.17 bits per heavy atom. The third kappa shape index (κ3) is 4.15. The van der Waals surface area contributed by atoms with E-state index in [1.54, 1.807) is 0 Å². The Morgan fingerprint density at radius 3 is 2.83 bits per heavy atom. The highest BCUT2D eigenvalue weighted by atomic mass is 16.5. The predicted octanol–water partition coefficient (Wildman–Crippen LogP) is 4.00. The third-order valence-electron chi connectivity index (χ3n) is 3.99. The van der Waals surface area contributed by atoms with Crippen LogP contribution in [0, 0.1) is 0 Å². The van der Waals surface area contributed by atoms with E-state index in [0.29, 0.717) is 0 Å². The normalized spacial score (nSPS) is 11.3. The minimum absolute atomic E-state index is 0.172. The van der Waals surface area contributed by atoms with Crippen molar-refractivity contribution in [1.29, 1.82) is 0 Å². The van der Waals surface area contributed by atoms with Gasteiger partial charge >= 0.3 is 0 Å². The molecule has 24 heavy (non-hydrogen) atoms. The molecule has 0 fully saturated rings. The fourth-order valence-corrected chi connectivity index (χ4v) is 2.88. The van der Waals surface area contributed by atoms with Crippen molar-refractivity contribution in [2.75, 3.05) is 6.54 Å². The number of rotatable bonds is 8. The van der Waals surface area contributed by atoms with E-state index in [-0.39, 0.29) is 6.10 Å². The molecule has 0 saturated carbocycles. The van der Waals surface area contributed by atoms with Crippen molar-refractivity contribution in [1.82, 2.24) is 14.9 Å². The number of imidazole rings is 1. The molecule has 0 aliphatic carbocycles. The second-order valence-corrected chi connectivity index (χ2v) is 6.26. The molecule has 0 aliphatic rings. The molecule has 4 nitrogen and oxygen atoms in total. The van der Waals surface area contributed by atoms with Crippen LogP contribution in [0.25, 0.3) is 10.8 Å². The lowest BCUT2D eigenvalue weighted by Gasteiger charge is -2.17. The lowest BCUT2D eigenvalue weighted by Crippen LogP contribution is -2.18. The van der Waals surface area contributed by atoms with Gasteiger partial charge in [0.2, 0.25) is 0 Å². The van der Waals surface area contributed by atoms with Crippen molar-refractivity contribution in [3.8, 4) is 5.75 Å². The zero-order valence-corrected chi connectivity index (χ0v) is 14.4. The summed E-state index contributed by atoms with van der Waals surface area (Å²) in [7, 11) is 0. The second kappa shape index (κ2) is 7.97. The van der Waals surface area contributed by atoms with E-state index in [9.17, 15) is 0 Å². The number of aryl methyl sites for hydroxylation is 1. The first-order chi connectivity index (χ1) is 11.7. The molecule has 0 radical (unpaired) electrons. The number of fused-ring (bicyclic) bond motifs is 1. The van der Waals surface area contributed by atoms with Crippen molar-refractivity contribution in [3.63, 3.8) is 0 Å². The van der Waals surface area contributed by atoms with Gasteiger partial charge in [0, 0.05) is 31.0 Å². The Labute approximate surface area is 143 Å². The standard InChI is InChI=1S/C20H25N3O/c1-16(2)24-20-9-8-17-6-3-4-7-18(17)19(20)14-21-10-5-12-23-13-11-22-15-23/h3-4,6-9,11,13,15-16,21H,5,10,12,14H2,1-2H3. The molecule has 0 atom stereocenters. The summed E-state index contributed by atoms with van der Waals surface area (Å²) >= 11 is 0. The molecule has 126 valence electrons. The van der Waals surface area contributed by atoms with E-state index in [0.717, 1.165) is 31.8 Å². The Morgan fingerprint density at radius 2 is 2.04 bits per heavy atom. The summed E-state index contributed by atoms with van der Waals surface area (Å²) in [6.07, 6.45) is 6.92. The van der Waals surface area contributed by atoms with Gasteiger partial charge in [-0.15, -0.1) is 0 Å². The van der Waals surface area contributed by atoms with Crippen LogP contribution < -0.4 is 10.1 Å². The van der Waals surface area contributed by atoms with Gasteiger partial charge in [-0.3, -0.25) is 0 Å². The van der Waals surface area contributed by atoms with Crippen LogP contribution >= 0.6 is 0 Å². The first-order valence-electron chi connectivity index (χ1n) is 8.58. The molecule has 0 saturated heterocycles. The van der Waals surface area contributed by atoms with Gasteiger partial charge in [-0.05, 0) is 43.7 Å². The van der Waals surface area contributed by atoms with Crippen LogP contribution in [0.1, 0.15) is 25.8 Å². The SMILES string of the molecule is CC(C)Oc1ccc2ccccc2c1CNCCCn1ccnc1. The van der Waals surface area contributed by atoms with Gasteiger partial charge in [0.1, 0.15) is 5.75 Å². The molecular formula is C20H25N3O. The highest BCUT2D eigenvalue weighted by Crippen LogP contribution is 2.28. The number of hydrogen-bond donors (Lipinski definition) is 1. The van der Waals surface area contributed by atoms with Crippen LogP contribution in [0.2, 0.25) is 0 Å². The fourth-order valence-electron chi connectivity index (χ4n) is 2.88. The van der Waals surface area contributed by atoms with Crippen LogP contribution in [0.3, 0.4) is 0 Å². The second-order valence-electron chi connectivity index (χ2n) is 6.26. The number of aromatic nitrogens is 2. The lowest BCUT2D eigenvalue weighted by molar-refractivity contribution is 0.240. The summed E-state index contributed by atoms with van der Waals surface area (Å²) in [5, 5.41) is 6.07. The van der Waals surface area contributed by atoms with E-state index in [4.69, 9.17) is 4.74 Å². The van der Waals surface area contributed by atoms with Gasteiger partial charge in [0.05, 0.1) is 12.4 Å². The van der Waals surface area contributed by atoms with Crippen LogP contribution in [0.5, 0.6) is 5.75 Å². The first-order valence-corrected chi connectivity index (χ1v) is 8.58. The lowest BCUT2D eigenvalue weighted by atomic mass is 10.0. The van der Waals surface area contributed by atoms with Crippen LogP contribution in [0.15, 0.2) is 55.1 Å². The minimum atomic E-state index is 0.172. The molecule has 0 spiro atoms. The molecule has 0 aliphatic heterocycles. The topological polar surface area (TPSA) is 39.1 Å². The van der Waals surface area contributed by atoms with Gasteiger partial charge in [-0.1, -0.05) is 30.3 Å². The number of hydrogen-bond acceptors (Lipinski definition) is 3. The van der Waals surface area contributed by atoms with Gasteiger partial charge in [-0.2, -0.15) is 0 Å². The predicted molar refractivity (Wildman–Crippen MR) is 98.3 cm³/mol. The van der Waals surface area contributed by atoms with Gasteiger partial charge < -0.3 is 14.6 Å². The smallest absolute Gasteiger partial charge is 0.124 e. The molecule has 4 heteroatoms. The molecule has 3 aromatic rings. The summed E-state index contributed by atoms with van der Waals surface area (Å²) in [5.74, 6) is 0.978. The summed E-state index contributed by atoms with van der Waals surface area (Å²) in [4.78, 5) is 4.07. The van der Waals surface area contributed by atoms with Crippen molar-refractivity contribution in [2.24, 2.45) is 0 Å². The van der Waals surface area contributed by atoms with Crippen molar-refractivity contribution in [2.45, 2.75) is 39.5 Å². The minimum Gasteiger partial charge on any atom is -0.491 e. The molecule has 0 amide bonds. The van der Waals surface area contributed by atoms with Crippen LogP contribution in [-0.2, 0) is 13.1 Å². The number of nitrogens with one attached hydrogen (secondary N) is 1. The Kier molecular flexibility index (Phi) is 5.49. The first kappa shape index (κ1) is 16.5. The summed E-state index contributed by atoms with van der Waals surface area (Å²) in [5.41, 5.74) is 1.24. The Hall–Kier alpha value is -2.33. The van der Waals surface area contributed by atoms with Crippen molar-refractivity contribution >= 4 is 10.8 Å². The maximum atomic E-state index is 6.02. The Balaban J connectivity index is 1.67. The van der Waals surface area contributed by atoms with Gasteiger partial charge in [-0.25, -0.2) is 4.98 Å². The number of ether oxygens (including phenoxy) is 1. The molecule has 1 aromatic heterocycles. The average Bonchev–Trinajstić information content (AvgIpc) is 3.09. The zero-order chi connectivity index (χ0) is 16.8. The molecule has 0 bridgehead atoms. The quantitative estimate of drug-likeness (QED) is 0.637. The highest BCUT2D eigenvalue weighted by Gasteiger charge is 2.09. The molecule has 2 aromatic carbocycles. The van der Waals surface area contributed by atoms with E-state index in [2.05, 4.69) is 65.1 Å². The number of nitrogens with zero attached hydrogens (tertiary/aromatic N) is 2. The van der Waals surface area contributed by atoms with Crippen LogP contribution in [-0.4, -0.2) is 22.2 Å². The highest BCUT2D eigenvalue weighted by molar-refractivity contribution is 5.87. The fraction of sp³-hybridized carbons (Fsp3) is 0.350. The summed E-state index contributed by atoms with van der Waals surface area (Å²) in [6.45, 7) is 6.89. The average molecular weight is 323 g/mol. The van der Waals surface area contributed by atoms with Crippen molar-refractivity contribution < 1.29 is 4.74 Å². The van der Waals surface area contributed by atoms with Crippen LogP contribution in [0.4, 0.5) is 0 Å². The largest absolute Gasteiger partial charge is 0.491 e. The van der Waals surface area contributed by atoms with Gasteiger partial charge in [0.15, 0.2) is 0 Å². The van der Waals surface area contributed by atoms with Gasteiger partial charge in [0.25, 0.3) is 0 Å². The van der Waals surface area contributed by atoms with E-state index in [1.807, 2.05) is 18.7 Å². The maximum absolute atomic E-state index is 6.02. The Bertz CT molecular complexity index is 766. The molecular weight excluding hydrogens is 298 g/mol. The maximum Gasteiger partial charge on any atom is 0.124 e. The summed E-state index contributed by atoms with van der Waals surface area (Å²) < 4.78 is 8.12. The van der Waals surface area contributed by atoms with E-state index in [1.165, 1.54) is 16.3 Å². The zero-order valence-electron chi connectivity index (χ0n) is 14.4. The summed E-state index contributed by atoms with van der Waals surface area (Å²) in [6, 6.07) is 12.7.